The van der Waals surface area contributed by atoms with Crippen LogP contribution in [0.4, 0.5) is 5.69 Å². The Kier molecular flexibility index (Phi) is 6.24. The molecule has 3 aliphatic heterocycles. The maximum absolute atomic E-state index is 13.4. The lowest BCUT2D eigenvalue weighted by Gasteiger charge is -2.51. The molecule has 1 N–H and O–H groups in total. The molecule has 3 aromatic rings. The fourth-order valence-corrected chi connectivity index (χ4v) is 5.72. The van der Waals surface area contributed by atoms with Crippen LogP contribution >= 0.6 is 11.3 Å². The van der Waals surface area contributed by atoms with Crippen LogP contribution in [0.1, 0.15) is 34.2 Å². The highest BCUT2D eigenvalue weighted by Gasteiger charge is 2.49. The fourth-order valence-electron chi connectivity index (χ4n) is 5.15. The Morgan fingerprint density at radius 3 is 2.42 bits per heavy atom. The van der Waals surface area contributed by atoms with Crippen LogP contribution < -0.4 is 5.32 Å². The standard InChI is InChI=1S/C26H28N3O3S/c30-22(25-27-13-16-33-25)17-29-14-11-19(12-15-29)23(18-29)32-26(31)24(20-7-3-1-4-8-20)28-21-9-5-2-6-10-21/h1-10,13,16,19,23-24,28H,11-12,14-15,17-18H2/q+1. The number of thiazole rings is 1. The summed E-state index contributed by atoms with van der Waals surface area (Å²) in [5, 5.41) is 5.75. The summed E-state index contributed by atoms with van der Waals surface area (Å²) >= 11 is 1.39. The van der Waals surface area contributed by atoms with Crippen molar-refractivity contribution in [1.82, 2.24) is 4.98 Å². The van der Waals surface area contributed by atoms with Crippen molar-refractivity contribution in [2.45, 2.75) is 25.0 Å². The van der Waals surface area contributed by atoms with Crippen LogP contribution in [0.25, 0.3) is 0 Å². The first-order valence-electron chi connectivity index (χ1n) is 11.5. The van der Waals surface area contributed by atoms with E-state index in [1.165, 1.54) is 11.3 Å². The Balaban J connectivity index is 1.31. The van der Waals surface area contributed by atoms with E-state index >= 15 is 0 Å². The maximum Gasteiger partial charge on any atom is 0.333 e. The minimum atomic E-state index is -0.588. The lowest BCUT2D eigenvalue weighted by atomic mass is 9.83. The number of anilines is 1. The zero-order valence-corrected chi connectivity index (χ0v) is 19.2. The molecule has 170 valence electrons. The minimum absolute atomic E-state index is 0.0864. The van der Waals surface area contributed by atoms with Crippen molar-refractivity contribution in [3.8, 4) is 0 Å². The first-order chi connectivity index (χ1) is 16.1. The molecule has 3 fully saturated rings. The van der Waals surface area contributed by atoms with E-state index in [4.69, 9.17) is 4.74 Å². The van der Waals surface area contributed by atoms with Gasteiger partial charge in [-0.25, -0.2) is 9.78 Å². The molecule has 2 bridgehead atoms. The number of nitrogens with one attached hydrogen (secondary N) is 1. The van der Waals surface area contributed by atoms with Gasteiger partial charge in [0, 0.05) is 36.0 Å². The van der Waals surface area contributed by atoms with Gasteiger partial charge >= 0.3 is 5.97 Å². The summed E-state index contributed by atoms with van der Waals surface area (Å²) in [5.41, 5.74) is 1.74. The highest BCUT2D eigenvalue weighted by atomic mass is 32.1. The van der Waals surface area contributed by atoms with Crippen molar-refractivity contribution < 1.29 is 18.8 Å². The number of hydrogen-bond donors (Lipinski definition) is 1. The summed E-state index contributed by atoms with van der Waals surface area (Å²) in [6.07, 6.45) is 3.46. The largest absolute Gasteiger partial charge is 0.454 e. The molecule has 33 heavy (non-hydrogen) atoms. The second-order valence-corrected chi connectivity index (χ2v) is 9.95. The topological polar surface area (TPSA) is 68.3 Å². The molecule has 0 spiro atoms. The van der Waals surface area contributed by atoms with E-state index in [-0.39, 0.29) is 17.9 Å². The third kappa shape index (κ3) is 4.84. The van der Waals surface area contributed by atoms with Crippen LogP contribution in [0.5, 0.6) is 0 Å². The third-order valence-electron chi connectivity index (χ3n) is 6.91. The molecule has 2 unspecified atom stereocenters. The molecule has 2 atom stereocenters. The van der Waals surface area contributed by atoms with E-state index in [0.29, 0.717) is 28.5 Å². The molecule has 6 nitrogen and oxygen atoms in total. The third-order valence-corrected chi connectivity index (χ3v) is 7.73. The highest BCUT2D eigenvalue weighted by Crippen LogP contribution is 2.36. The lowest BCUT2D eigenvalue weighted by Crippen LogP contribution is -2.65. The summed E-state index contributed by atoms with van der Waals surface area (Å²) in [6.45, 7) is 3.04. The number of rotatable bonds is 8. The Labute approximate surface area is 197 Å². The van der Waals surface area contributed by atoms with Crippen LogP contribution in [-0.2, 0) is 9.53 Å². The number of esters is 1. The maximum atomic E-state index is 13.4. The number of fused-ring (bicyclic) bond motifs is 3. The number of aromatic nitrogens is 1. The summed E-state index contributed by atoms with van der Waals surface area (Å²) in [5.74, 6) is 0.175. The number of Topliss-reactive ketones (excluding diaryl/α,β-unsaturated/α-hetero) is 1. The SMILES string of the molecule is O=C(C[N+]12CCC(CC1)C(OC(=O)C(Nc1ccccc1)c1ccccc1)C2)c1nccs1. The number of ether oxygens (including phenoxy) is 1. The Bertz CT molecular complexity index is 1080. The van der Waals surface area contributed by atoms with E-state index in [1.807, 2.05) is 66.0 Å². The summed E-state index contributed by atoms with van der Waals surface area (Å²) < 4.78 is 6.86. The number of benzene rings is 2. The lowest BCUT2D eigenvalue weighted by molar-refractivity contribution is -0.938. The Morgan fingerprint density at radius 1 is 1.06 bits per heavy atom. The molecule has 0 radical (unpaired) electrons. The number of para-hydroxylation sites is 1. The Hall–Kier alpha value is -3.03. The highest BCUT2D eigenvalue weighted by molar-refractivity contribution is 7.11. The quantitative estimate of drug-likeness (QED) is 0.307. The zero-order chi connectivity index (χ0) is 22.7. The molecule has 1 aromatic heterocycles. The van der Waals surface area contributed by atoms with Crippen molar-refractivity contribution in [2.75, 3.05) is 31.5 Å². The number of nitrogens with zero attached hydrogens (tertiary/aromatic N) is 2. The van der Waals surface area contributed by atoms with Crippen LogP contribution in [0.2, 0.25) is 0 Å². The van der Waals surface area contributed by atoms with E-state index < -0.39 is 6.04 Å². The minimum Gasteiger partial charge on any atom is -0.454 e. The second kappa shape index (κ2) is 9.45. The summed E-state index contributed by atoms with van der Waals surface area (Å²) in [4.78, 5) is 30.4. The zero-order valence-electron chi connectivity index (χ0n) is 18.4. The summed E-state index contributed by atoms with van der Waals surface area (Å²) in [7, 11) is 0. The number of piperidine rings is 3. The molecule has 6 rings (SSSR count). The van der Waals surface area contributed by atoms with Crippen molar-refractivity contribution in [3.05, 3.63) is 82.8 Å². The normalized spacial score (nSPS) is 24.7. The van der Waals surface area contributed by atoms with Crippen molar-refractivity contribution >= 4 is 28.8 Å². The predicted molar refractivity (Wildman–Crippen MR) is 128 cm³/mol. The average Bonchev–Trinajstić information content (AvgIpc) is 3.40. The predicted octanol–water partition coefficient (Wildman–Crippen LogP) is 4.33. The van der Waals surface area contributed by atoms with Crippen molar-refractivity contribution in [3.63, 3.8) is 0 Å². The molecular weight excluding hydrogens is 434 g/mol. The molecule has 2 aromatic carbocycles. The molecular formula is C26H28N3O3S+. The number of carbonyl (C=O) groups excluding carboxylic acids is 2. The Morgan fingerprint density at radius 2 is 1.76 bits per heavy atom. The van der Waals surface area contributed by atoms with Crippen LogP contribution in [0.3, 0.4) is 0 Å². The van der Waals surface area contributed by atoms with Crippen molar-refractivity contribution in [2.24, 2.45) is 5.92 Å². The first-order valence-corrected chi connectivity index (χ1v) is 12.3. The number of ketones is 1. The number of hydrogen-bond acceptors (Lipinski definition) is 6. The van der Waals surface area contributed by atoms with E-state index in [1.54, 1.807) is 6.20 Å². The molecule has 3 saturated heterocycles. The number of quaternary nitrogens is 1. The second-order valence-electron chi connectivity index (χ2n) is 9.06. The molecule has 7 heteroatoms. The van der Waals surface area contributed by atoms with Gasteiger partial charge in [-0.2, -0.15) is 0 Å². The van der Waals surface area contributed by atoms with Gasteiger partial charge in [0.05, 0.1) is 13.1 Å². The molecule has 0 saturated carbocycles. The molecule has 3 aliphatic rings. The van der Waals surface area contributed by atoms with Gasteiger partial charge in [-0.05, 0) is 17.7 Å². The summed E-state index contributed by atoms with van der Waals surface area (Å²) in [6, 6.07) is 18.8. The van der Waals surface area contributed by atoms with Crippen LogP contribution in [-0.4, -0.2) is 53.5 Å². The van der Waals surface area contributed by atoms with E-state index in [0.717, 1.165) is 37.2 Å². The van der Waals surface area contributed by atoms with Gasteiger partial charge < -0.3 is 14.5 Å². The molecule has 4 heterocycles. The van der Waals surface area contributed by atoms with Crippen LogP contribution in [0.15, 0.2) is 72.2 Å². The molecule has 0 aliphatic carbocycles. The van der Waals surface area contributed by atoms with E-state index in [9.17, 15) is 9.59 Å². The average molecular weight is 463 g/mol. The van der Waals surface area contributed by atoms with E-state index in [2.05, 4.69) is 10.3 Å². The monoisotopic (exact) mass is 462 g/mol. The number of carbonyl (C=O) groups is 2. The first kappa shape index (κ1) is 21.8. The smallest absolute Gasteiger partial charge is 0.333 e. The van der Waals surface area contributed by atoms with Gasteiger partial charge in [0.15, 0.2) is 17.2 Å². The van der Waals surface area contributed by atoms with Gasteiger partial charge in [0.2, 0.25) is 5.78 Å². The van der Waals surface area contributed by atoms with Crippen LogP contribution in [0, 0.1) is 5.92 Å². The van der Waals surface area contributed by atoms with Gasteiger partial charge in [-0.15, -0.1) is 11.3 Å². The van der Waals surface area contributed by atoms with Gasteiger partial charge in [-0.3, -0.25) is 4.79 Å². The fraction of sp³-hybridized carbons (Fsp3) is 0.346. The van der Waals surface area contributed by atoms with Gasteiger partial charge in [-0.1, -0.05) is 48.5 Å². The van der Waals surface area contributed by atoms with Crippen molar-refractivity contribution in [1.29, 1.82) is 0 Å². The van der Waals surface area contributed by atoms with Gasteiger partial charge in [0.1, 0.15) is 13.1 Å². The molecule has 0 amide bonds. The van der Waals surface area contributed by atoms with Gasteiger partial charge in [0.25, 0.3) is 0 Å².